The second-order valence-corrected chi connectivity index (χ2v) is 7.23. The quantitative estimate of drug-likeness (QED) is 0.649. The number of hydrogen-bond donors (Lipinski definition) is 2. The molecule has 1 saturated carbocycles. The number of H-pyrrole nitrogens is 1. The highest BCUT2D eigenvalue weighted by Crippen LogP contribution is 2.39. The number of rotatable bonds is 5. The highest BCUT2D eigenvalue weighted by molar-refractivity contribution is 5.81. The SMILES string of the molecule is COC(=O)[C@@H]1C[C@@H](F)CN1c1nc(Nc2cc(C3CC3)[nH]n2)c2cccn2n1. The van der Waals surface area contributed by atoms with Gasteiger partial charge in [0.05, 0.1) is 13.7 Å². The predicted octanol–water partition coefficient (Wildman–Crippen LogP) is 2.16. The number of halogens is 1. The lowest BCUT2D eigenvalue weighted by atomic mass is 10.2. The Kier molecular flexibility index (Phi) is 3.92. The zero-order valence-corrected chi connectivity index (χ0v) is 15.3. The molecule has 0 unspecified atom stereocenters. The summed E-state index contributed by atoms with van der Waals surface area (Å²) >= 11 is 0. The number of hydrogen-bond acceptors (Lipinski definition) is 7. The van der Waals surface area contributed by atoms with E-state index in [4.69, 9.17) is 4.74 Å². The lowest BCUT2D eigenvalue weighted by molar-refractivity contribution is -0.142. The van der Waals surface area contributed by atoms with Gasteiger partial charge in [0.15, 0.2) is 11.6 Å². The van der Waals surface area contributed by atoms with E-state index in [1.54, 1.807) is 15.6 Å². The number of alkyl halides is 1. The van der Waals surface area contributed by atoms with E-state index < -0.39 is 18.2 Å². The summed E-state index contributed by atoms with van der Waals surface area (Å²) in [5.74, 6) is 1.52. The summed E-state index contributed by atoms with van der Waals surface area (Å²) in [7, 11) is 1.30. The molecule has 0 spiro atoms. The predicted molar refractivity (Wildman–Crippen MR) is 99.5 cm³/mol. The van der Waals surface area contributed by atoms with Gasteiger partial charge in [0.1, 0.15) is 17.7 Å². The van der Waals surface area contributed by atoms with Gasteiger partial charge in [-0.1, -0.05) is 0 Å². The number of ether oxygens (including phenoxy) is 1. The molecule has 2 atom stereocenters. The molecule has 28 heavy (non-hydrogen) atoms. The van der Waals surface area contributed by atoms with Crippen molar-refractivity contribution in [2.75, 3.05) is 23.9 Å². The topological polar surface area (TPSA) is 100 Å². The van der Waals surface area contributed by atoms with Crippen LogP contribution >= 0.6 is 0 Å². The molecule has 1 aliphatic carbocycles. The first-order valence-corrected chi connectivity index (χ1v) is 9.28. The number of anilines is 3. The molecule has 1 aliphatic heterocycles. The van der Waals surface area contributed by atoms with Crippen molar-refractivity contribution in [3.8, 4) is 0 Å². The molecule has 0 amide bonds. The van der Waals surface area contributed by atoms with Crippen molar-refractivity contribution < 1.29 is 13.9 Å². The third-order valence-corrected chi connectivity index (χ3v) is 5.22. The second kappa shape index (κ2) is 6.47. The van der Waals surface area contributed by atoms with Crippen LogP contribution in [0.1, 0.15) is 30.9 Å². The van der Waals surface area contributed by atoms with Crippen LogP contribution in [-0.2, 0) is 9.53 Å². The first kappa shape index (κ1) is 17.0. The van der Waals surface area contributed by atoms with Gasteiger partial charge in [-0.05, 0) is 25.0 Å². The molecule has 0 radical (unpaired) electrons. The summed E-state index contributed by atoms with van der Waals surface area (Å²) in [6, 6.07) is 4.95. The molecule has 9 nitrogen and oxygen atoms in total. The number of esters is 1. The Balaban J connectivity index is 1.50. The van der Waals surface area contributed by atoms with Gasteiger partial charge in [0.25, 0.3) is 0 Å². The lowest BCUT2D eigenvalue weighted by Crippen LogP contribution is -2.38. The van der Waals surface area contributed by atoms with Gasteiger partial charge >= 0.3 is 5.97 Å². The van der Waals surface area contributed by atoms with Gasteiger partial charge in [-0.25, -0.2) is 13.7 Å². The van der Waals surface area contributed by atoms with Gasteiger partial charge in [0, 0.05) is 30.3 Å². The van der Waals surface area contributed by atoms with Crippen LogP contribution in [-0.4, -0.2) is 56.6 Å². The van der Waals surface area contributed by atoms with Crippen LogP contribution in [0.3, 0.4) is 0 Å². The highest BCUT2D eigenvalue weighted by Gasteiger charge is 2.39. The van der Waals surface area contributed by atoms with Crippen LogP contribution in [0.5, 0.6) is 0 Å². The molecule has 1 saturated heterocycles. The summed E-state index contributed by atoms with van der Waals surface area (Å²) in [6.45, 7) is 0.0419. The number of nitrogens with one attached hydrogen (secondary N) is 2. The summed E-state index contributed by atoms with van der Waals surface area (Å²) < 4.78 is 20.5. The first-order valence-electron chi connectivity index (χ1n) is 9.28. The molecule has 146 valence electrons. The lowest BCUT2D eigenvalue weighted by Gasteiger charge is -2.22. The van der Waals surface area contributed by atoms with E-state index in [9.17, 15) is 9.18 Å². The molecular weight excluding hydrogens is 365 g/mol. The maximum atomic E-state index is 14.1. The van der Waals surface area contributed by atoms with E-state index in [2.05, 4.69) is 25.6 Å². The molecule has 3 aromatic heterocycles. The van der Waals surface area contributed by atoms with E-state index in [0.717, 1.165) is 11.2 Å². The third-order valence-electron chi connectivity index (χ3n) is 5.22. The number of fused-ring (bicyclic) bond motifs is 1. The summed E-state index contributed by atoms with van der Waals surface area (Å²) in [6.07, 6.45) is 3.05. The molecule has 2 N–H and O–H groups in total. The average Bonchev–Trinajstić information content (AvgIpc) is 3.07. The van der Waals surface area contributed by atoms with Crippen molar-refractivity contribution in [2.45, 2.75) is 37.4 Å². The van der Waals surface area contributed by atoms with E-state index >= 15 is 0 Å². The minimum atomic E-state index is -1.14. The van der Waals surface area contributed by atoms with E-state index in [1.807, 2.05) is 18.2 Å². The molecule has 5 rings (SSSR count). The molecule has 2 aliphatic rings. The fourth-order valence-corrected chi connectivity index (χ4v) is 3.63. The standard InChI is InChI=1S/C18H20FN7O2/c1-28-17(27)14-7-11(19)9-25(14)18-21-16(13-3-2-6-26(13)24-18)20-15-8-12(22-23-15)10-4-5-10/h2-3,6,8,10-11,14H,4-5,7,9H2,1H3,(H2,20,21,22,23,24)/t11-,14+/m1/s1. The van der Waals surface area contributed by atoms with Crippen LogP contribution in [0.15, 0.2) is 24.4 Å². The van der Waals surface area contributed by atoms with Crippen molar-refractivity contribution in [3.63, 3.8) is 0 Å². The van der Waals surface area contributed by atoms with Gasteiger partial charge in [-0.3, -0.25) is 5.10 Å². The molecule has 10 heteroatoms. The monoisotopic (exact) mass is 385 g/mol. The molecule has 4 heterocycles. The van der Waals surface area contributed by atoms with Crippen LogP contribution in [0, 0.1) is 0 Å². The number of aromatic amines is 1. The summed E-state index contributed by atoms with van der Waals surface area (Å²) in [5, 5.41) is 15.0. The van der Waals surface area contributed by atoms with E-state index in [0.29, 0.717) is 17.6 Å². The maximum Gasteiger partial charge on any atom is 0.328 e. The fourth-order valence-electron chi connectivity index (χ4n) is 3.63. The molecule has 2 fully saturated rings. The van der Waals surface area contributed by atoms with Crippen molar-refractivity contribution in [2.24, 2.45) is 0 Å². The minimum Gasteiger partial charge on any atom is -0.467 e. The molecular formula is C18H20FN7O2. The normalized spacial score (nSPS) is 22.0. The number of carbonyl (C=O) groups excluding carboxylic acids is 1. The zero-order chi connectivity index (χ0) is 19.3. The number of nitrogens with zero attached hydrogens (tertiary/aromatic N) is 5. The van der Waals surface area contributed by atoms with Crippen molar-refractivity contribution in [3.05, 3.63) is 30.1 Å². The molecule has 0 bridgehead atoms. The van der Waals surface area contributed by atoms with E-state index in [-0.39, 0.29) is 18.9 Å². The van der Waals surface area contributed by atoms with Crippen molar-refractivity contribution in [1.29, 1.82) is 0 Å². The fraction of sp³-hybridized carbons (Fsp3) is 0.444. The Bertz CT molecular complexity index is 1030. The third kappa shape index (κ3) is 2.94. The zero-order valence-electron chi connectivity index (χ0n) is 15.3. The van der Waals surface area contributed by atoms with Crippen LogP contribution in [0.4, 0.5) is 22.0 Å². The first-order chi connectivity index (χ1) is 13.6. The number of aromatic nitrogens is 5. The minimum absolute atomic E-state index is 0.0419. The van der Waals surface area contributed by atoms with Crippen LogP contribution < -0.4 is 10.2 Å². The van der Waals surface area contributed by atoms with Gasteiger partial charge in [0.2, 0.25) is 5.95 Å². The average molecular weight is 385 g/mol. The smallest absolute Gasteiger partial charge is 0.328 e. The maximum absolute atomic E-state index is 14.1. The Morgan fingerprint density at radius 2 is 2.29 bits per heavy atom. The van der Waals surface area contributed by atoms with Crippen molar-refractivity contribution in [1.82, 2.24) is 24.8 Å². The summed E-state index contributed by atoms with van der Waals surface area (Å²) in [4.78, 5) is 18.2. The van der Waals surface area contributed by atoms with Crippen LogP contribution in [0.2, 0.25) is 0 Å². The Labute approximate surface area is 159 Å². The Morgan fingerprint density at radius 3 is 3.07 bits per heavy atom. The second-order valence-electron chi connectivity index (χ2n) is 7.23. The van der Waals surface area contributed by atoms with Gasteiger partial charge < -0.3 is 15.0 Å². The van der Waals surface area contributed by atoms with Gasteiger partial charge in [-0.15, -0.1) is 5.10 Å². The largest absolute Gasteiger partial charge is 0.467 e. The molecule has 0 aromatic carbocycles. The summed E-state index contributed by atoms with van der Waals surface area (Å²) in [5.41, 5.74) is 1.86. The Morgan fingerprint density at radius 1 is 1.43 bits per heavy atom. The Hall–Kier alpha value is -3.17. The van der Waals surface area contributed by atoms with Crippen molar-refractivity contribution >= 4 is 29.1 Å². The van der Waals surface area contributed by atoms with Crippen LogP contribution in [0.25, 0.3) is 5.52 Å². The highest BCUT2D eigenvalue weighted by atomic mass is 19.1. The van der Waals surface area contributed by atoms with Gasteiger partial charge in [-0.2, -0.15) is 10.1 Å². The van der Waals surface area contributed by atoms with E-state index in [1.165, 1.54) is 20.0 Å². The molecule has 3 aromatic rings. The number of carbonyl (C=O) groups is 1. The number of methoxy groups -OCH3 is 1.